The van der Waals surface area contributed by atoms with Gasteiger partial charge in [-0.15, -0.1) is 11.8 Å². The first-order valence-electron chi connectivity index (χ1n) is 9.29. The van der Waals surface area contributed by atoms with E-state index in [-0.39, 0.29) is 5.91 Å². The fraction of sp³-hybridized carbons (Fsp3) is 0.174. The summed E-state index contributed by atoms with van der Waals surface area (Å²) in [6.45, 7) is 2.34. The van der Waals surface area contributed by atoms with E-state index < -0.39 is 0 Å². The third-order valence-electron chi connectivity index (χ3n) is 4.81. The molecule has 0 unspecified atom stereocenters. The summed E-state index contributed by atoms with van der Waals surface area (Å²) in [7, 11) is 1.78. The molecular formula is C23H20ClN3OS. The summed E-state index contributed by atoms with van der Waals surface area (Å²) in [5.74, 6) is 0.997. The lowest BCUT2D eigenvalue weighted by Crippen LogP contribution is -2.28. The number of hydrogen-bond acceptors (Lipinski definition) is 4. The summed E-state index contributed by atoms with van der Waals surface area (Å²) in [4.78, 5) is 24.5. The molecule has 0 aliphatic heterocycles. The van der Waals surface area contributed by atoms with Crippen LogP contribution in [0.3, 0.4) is 0 Å². The molecule has 29 heavy (non-hydrogen) atoms. The fourth-order valence-electron chi connectivity index (χ4n) is 3.30. The highest BCUT2D eigenvalue weighted by Gasteiger charge is 2.14. The van der Waals surface area contributed by atoms with Crippen molar-refractivity contribution in [3.63, 3.8) is 0 Å². The van der Waals surface area contributed by atoms with Gasteiger partial charge in [0, 0.05) is 33.4 Å². The monoisotopic (exact) mass is 421 g/mol. The number of thioether (sulfide) groups is 1. The van der Waals surface area contributed by atoms with Crippen LogP contribution < -0.4 is 0 Å². The van der Waals surface area contributed by atoms with E-state index >= 15 is 0 Å². The van der Waals surface area contributed by atoms with E-state index in [0.717, 1.165) is 32.3 Å². The second-order valence-corrected chi connectivity index (χ2v) is 8.30. The Balaban J connectivity index is 1.47. The lowest BCUT2D eigenvalue weighted by atomic mass is 10.1. The van der Waals surface area contributed by atoms with Gasteiger partial charge in [-0.2, -0.15) is 0 Å². The Morgan fingerprint density at radius 1 is 1.03 bits per heavy atom. The molecule has 0 saturated heterocycles. The van der Waals surface area contributed by atoms with Gasteiger partial charge in [-0.05, 0) is 30.5 Å². The van der Waals surface area contributed by atoms with Crippen molar-refractivity contribution in [1.29, 1.82) is 0 Å². The van der Waals surface area contributed by atoms with Crippen molar-refractivity contribution < 1.29 is 4.79 Å². The Kier molecular flexibility index (Phi) is 5.69. The molecule has 0 saturated carbocycles. The van der Waals surface area contributed by atoms with Gasteiger partial charge in [-0.1, -0.05) is 54.1 Å². The van der Waals surface area contributed by atoms with Crippen LogP contribution in [0.25, 0.3) is 21.7 Å². The minimum absolute atomic E-state index is 0.0217. The molecule has 0 radical (unpaired) electrons. The van der Waals surface area contributed by atoms with Gasteiger partial charge >= 0.3 is 0 Å². The van der Waals surface area contributed by atoms with Crippen molar-refractivity contribution >= 4 is 50.9 Å². The maximum Gasteiger partial charge on any atom is 0.233 e. The number of amides is 1. The minimum atomic E-state index is 0.0217. The van der Waals surface area contributed by atoms with Crippen molar-refractivity contribution in [3.8, 4) is 0 Å². The molecule has 0 aliphatic carbocycles. The summed E-state index contributed by atoms with van der Waals surface area (Å²) in [5, 5.41) is 3.80. The molecule has 0 aliphatic rings. The van der Waals surface area contributed by atoms with Gasteiger partial charge < -0.3 is 4.90 Å². The maximum absolute atomic E-state index is 12.7. The molecular weight excluding hydrogens is 402 g/mol. The standard InChI is InChI=1S/C23H20ClN3OS/c1-15-17-9-3-4-11-19(17)26-21(25-15)13-27(2)22(28)14-29-20-12-6-8-16-7-5-10-18(24)23(16)20/h3-12H,13-14H2,1-2H3. The number of carbonyl (C=O) groups is 1. The zero-order valence-electron chi connectivity index (χ0n) is 16.2. The molecule has 0 N–H and O–H groups in total. The van der Waals surface area contributed by atoms with Crippen molar-refractivity contribution in [2.24, 2.45) is 0 Å². The van der Waals surface area contributed by atoms with Crippen molar-refractivity contribution in [2.75, 3.05) is 12.8 Å². The molecule has 1 aromatic heterocycles. The summed E-state index contributed by atoms with van der Waals surface area (Å²) in [5.41, 5.74) is 1.82. The van der Waals surface area contributed by atoms with Crippen molar-refractivity contribution in [3.05, 3.63) is 77.2 Å². The van der Waals surface area contributed by atoms with Gasteiger partial charge in [0.1, 0.15) is 5.82 Å². The number of benzene rings is 3. The number of fused-ring (bicyclic) bond motifs is 2. The Bertz CT molecular complexity index is 1210. The topological polar surface area (TPSA) is 46.1 Å². The molecule has 0 fully saturated rings. The minimum Gasteiger partial charge on any atom is -0.337 e. The van der Waals surface area contributed by atoms with Crippen molar-refractivity contribution in [2.45, 2.75) is 18.4 Å². The Labute approximate surface area is 178 Å². The van der Waals surface area contributed by atoms with Gasteiger partial charge in [0.15, 0.2) is 0 Å². The highest BCUT2D eigenvalue weighted by atomic mass is 35.5. The number of carbonyl (C=O) groups excluding carboxylic acids is 1. The van der Waals surface area contributed by atoms with E-state index in [0.29, 0.717) is 23.1 Å². The Morgan fingerprint density at radius 3 is 2.62 bits per heavy atom. The molecule has 4 aromatic rings. The third-order valence-corrected chi connectivity index (χ3v) is 6.17. The molecule has 4 rings (SSSR count). The van der Waals surface area contributed by atoms with E-state index in [1.807, 2.05) is 67.6 Å². The molecule has 0 atom stereocenters. The molecule has 4 nitrogen and oxygen atoms in total. The Hall–Kier alpha value is -2.63. The second-order valence-electron chi connectivity index (χ2n) is 6.87. The third kappa shape index (κ3) is 4.21. The predicted molar refractivity (Wildman–Crippen MR) is 120 cm³/mol. The fourth-order valence-corrected chi connectivity index (χ4v) is 4.68. The van der Waals surface area contributed by atoms with Gasteiger partial charge in [0.2, 0.25) is 5.91 Å². The molecule has 0 bridgehead atoms. The number of rotatable bonds is 5. The van der Waals surface area contributed by atoms with Gasteiger partial charge in [-0.3, -0.25) is 4.79 Å². The summed E-state index contributed by atoms with van der Waals surface area (Å²) < 4.78 is 0. The molecule has 1 heterocycles. The summed E-state index contributed by atoms with van der Waals surface area (Å²) in [6, 6.07) is 19.8. The molecule has 1 amide bonds. The van der Waals surface area contributed by atoms with E-state index in [2.05, 4.69) is 9.97 Å². The first-order valence-corrected chi connectivity index (χ1v) is 10.7. The second kappa shape index (κ2) is 8.39. The van der Waals surface area contributed by atoms with Crippen LogP contribution in [0, 0.1) is 6.92 Å². The summed E-state index contributed by atoms with van der Waals surface area (Å²) >= 11 is 7.88. The Morgan fingerprint density at radius 2 is 1.79 bits per heavy atom. The lowest BCUT2D eigenvalue weighted by molar-refractivity contribution is -0.127. The van der Waals surface area contributed by atoms with Crippen LogP contribution in [0.5, 0.6) is 0 Å². The average Bonchev–Trinajstić information content (AvgIpc) is 2.72. The quantitative estimate of drug-likeness (QED) is 0.399. The van der Waals surface area contributed by atoms with Crippen LogP contribution in [0.2, 0.25) is 5.02 Å². The highest BCUT2D eigenvalue weighted by molar-refractivity contribution is 8.00. The zero-order valence-corrected chi connectivity index (χ0v) is 17.8. The maximum atomic E-state index is 12.7. The predicted octanol–water partition coefficient (Wildman–Crippen LogP) is 5.50. The van der Waals surface area contributed by atoms with E-state index in [9.17, 15) is 4.79 Å². The van der Waals surface area contributed by atoms with E-state index in [1.165, 1.54) is 11.8 Å². The lowest BCUT2D eigenvalue weighted by Gasteiger charge is -2.17. The normalized spacial score (nSPS) is 11.1. The number of halogens is 1. The highest BCUT2D eigenvalue weighted by Crippen LogP contribution is 2.33. The molecule has 146 valence electrons. The van der Waals surface area contributed by atoms with Crippen LogP contribution in [0.1, 0.15) is 11.5 Å². The number of aryl methyl sites for hydroxylation is 1. The van der Waals surface area contributed by atoms with Crippen LogP contribution in [-0.4, -0.2) is 33.6 Å². The number of nitrogens with zero attached hydrogens (tertiary/aromatic N) is 3. The number of para-hydroxylation sites is 1. The zero-order chi connectivity index (χ0) is 20.4. The van der Waals surface area contributed by atoms with Gasteiger partial charge in [0.25, 0.3) is 0 Å². The van der Waals surface area contributed by atoms with E-state index in [4.69, 9.17) is 11.6 Å². The van der Waals surface area contributed by atoms with Crippen molar-refractivity contribution in [1.82, 2.24) is 14.9 Å². The van der Waals surface area contributed by atoms with Crippen LogP contribution in [0.15, 0.2) is 65.6 Å². The summed E-state index contributed by atoms with van der Waals surface area (Å²) in [6.07, 6.45) is 0. The smallest absolute Gasteiger partial charge is 0.233 e. The van der Waals surface area contributed by atoms with E-state index in [1.54, 1.807) is 11.9 Å². The average molecular weight is 422 g/mol. The SMILES string of the molecule is Cc1nc(CN(C)C(=O)CSc2cccc3cccc(Cl)c23)nc2ccccc12. The number of hydrogen-bond donors (Lipinski definition) is 0. The van der Waals surface area contributed by atoms with Crippen LogP contribution >= 0.6 is 23.4 Å². The largest absolute Gasteiger partial charge is 0.337 e. The molecule has 0 spiro atoms. The molecule has 3 aromatic carbocycles. The first-order chi connectivity index (χ1) is 14.0. The van der Waals surface area contributed by atoms with Crippen LogP contribution in [0.4, 0.5) is 0 Å². The van der Waals surface area contributed by atoms with Crippen LogP contribution in [-0.2, 0) is 11.3 Å². The first kappa shape index (κ1) is 19.7. The van der Waals surface area contributed by atoms with Gasteiger partial charge in [0.05, 0.1) is 17.8 Å². The number of aromatic nitrogens is 2. The molecule has 6 heteroatoms. The van der Waals surface area contributed by atoms with Gasteiger partial charge in [-0.25, -0.2) is 9.97 Å².